The fourth-order valence-corrected chi connectivity index (χ4v) is 2.31. The number of carbonyl (C=O) groups is 1. The monoisotopic (exact) mass is 347 g/mol. The number of benzene rings is 2. The zero-order valence-electron chi connectivity index (χ0n) is 13.6. The first-order valence-corrected chi connectivity index (χ1v) is 7.49. The van der Waals surface area contributed by atoms with E-state index in [-0.39, 0.29) is 5.91 Å². The van der Waals surface area contributed by atoms with E-state index in [9.17, 15) is 4.79 Å². The fraction of sp³-hybridized carbons (Fsp3) is 0.167. The van der Waals surface area contributed by atoms with Crippen molar-refractivity contribution in [3.63, 3.8) is 0 Å². The Bertz CT molecular complexity index is 759. The molecule has 24 heavy (non-hydrogen) atoms. The first-order chi connectivity index (χ1) is 11.6. The fourth-order valence-electron chi connectivity index (χ4n) is 2.06. The normalized spacial score (nSPS) is 10.5. The van der Waals surface area contributed by atoms with Crippen LogP contribution in [0.4, 0.5) is 5.69 Å². The summed E-state index contributed by atoms with van der Waals surface area (Å²) in [5.41, 5.74) is 1.40. The number of halogens is 1. The molecule has 0 spiro atoms. The molecule has 0 atom stereocenters. The number of carbonyl (C=O) groups excluding carboxylic acids is 1. The van der Waals surface area contributed by atoms with Crippen LogP contribution in [0, 0.1) is 0 Å². The minimum atomic E-state index is -0.272. The highest BCUT2D eigenvalue weighted by molar-refractivity contribution is 6.32. The maximum atomic E-state index is 12.0. The lowest BCUT2D eigenvalue weighted by atomic mass is 10.2. The molecule has 0 aliphatic carbocycles. The van der Waals surface area contributed by atoms with Crippen molar-refractivity contribution in [2.75, 3.05) is 26.6 Å². The van der Waals surface area contributed by atoms with Crippen LogP contribution in [0.1, 0.15) is 5.56 Å². The molecule has 1 N–H and O–H groups in total. The van der Waals surface area contributed by atoms with Crippen LogP contribution < -0.4 is 19.5 Å². The summed E-state index contributed by atoms with van der Waals surface area (Å²) in [6, 6.07) is 10.4. The molecule has 2 aromatic rings. The molecule has 0 saturated carbocycles. The number of methoxy groups -OCH3 is 3. The summed E-state index contributed by atoms with van der Waals surface area (Å²) in [6.07, 6.45) is 3.11. The molecule has 6 heteroatoms. The highest BCUT2D eigenvalue weighted by Crippen LogP contribution is 2.28. The number of hydrogen-bond acceptors (Lipinski definition) is 4. The summed E-state index contributed by atoms with van der Waals surface area (Å²) in [5, 5.41) is 3.16. The molecule has 5 nitrogen and oxygen atoms in total. The van der Waals surface area contributed by atoms with Crippen molar-refractivity contribution in [1.29, 1.82) is 0 Å². The molecule has 0 aliphatic rings. The Kier molecular flexibility index (Phi) is 6.09. The average molecular weight is 348 g/mol. The smallest absolute Gasteiger partial charge is 0.248 e. The van der Waals surface area contributed by atoms with Gasteiger partial charge in [-0.3, -0.25) is 4.79 Å². The number of ether oxygens (including phenoxy) is 3. The van der Waals surface area contributed by atoms with E-state index in [1.54, 1.807) is 50.6 Å². The maximum Gasteiger partial charge on any atom is 0.248 e. The minimum absolute atomic E-state index is 0.272. The van der Waals surface area contributed by atoms with Crippen LogP contribution in [0.2, 0.25) is 5.02 Å². The van der Waals surface area contributed by atoms with Crippen molar-refractivity contribution >= 4 is 29.3 Å². The van der Waals surface area contributed by atoms with Crippen molar-refractivity contribution in [3.05, 3.63) is 53.1 Å². The first kappa shape index (κ1) is 17.7. The van der Waals surface area contributed by atoms with E-state index >= 15 is 0 Å². The quantitative estimate of drug-likeness (QED) is 0.802. The molecule has 0 aliphatic heterocycles. The van der Waals surface area contributed by atoms with E-state index in [4.69, 9.17) is 25.8 Å². The largest absolute Gasteiger partial charge is 0.495 e. The molecule has 0 saturated heterocycles. The lowest BCUT2D eigenvalue weighted by Crippen LogP contribution is -2.07. The number of amides is 1. The molecular formula is C18H18ClNO4. The second kappa shape index (κ2) is 8.26. The van der Waals surface area contributed by atoms with Gasteiger partial charge in [0.25, 0.3) is 0 Å². The molecule has 0 unspecified atom stereocenters. The van der Waals surface area contributed by atoms with Gasteiger partial charge in [-0.1, -0.05) is 17.7 Å². The molecule has 126 valence electrons. The number of anilines is 1. The van der Waals surface area contributed by atoms with Gasteiger partial charge >= 0.3 is 0 Å². The summed E-state index contributed by atoms with van der Waals surface area (Å²) >= 11 is 6.03. The average Bonchev–Trinajstić information content (AvgIpc) is 2.59. The Morgan fingerprint density at radius 2 is 1.62 bits per heavy atom. The van der Waals surface area contributed by atoms with Gasteiger partial charge in [0.1, 0.15) is 5.75 Å². The summed E-state index contributed by atoms with van der Waals surface area (Å²) < 4.78 is 15.5. The van der Waals surface area contributed by atoms with Gasteiger partial charge in [-0.05, 0) is 42.0 Å². The predicted molar refractivity (Wildman–Crippen MR) is 95.2 cm³/mol. The number of hydrogen-bond donors (Lipinski definition) is 1. The molecular weight excluding hydrogens is 330 g/mol. The Morgan fingerprint density at radius 3 is 2.25 bits per heavy atom. The molecule has 0 fully saturated rings. The van der Waals surface area contributed by atoms with Gasteiger partial charge in [-0.2, -0.15) is 0 Å². The van der Waals surface area contributed by atoms with Crippen molar-refractivity contribution in [1.82, 2.24) is 0 Å². The van der Waals surface area contributed by atoms with Crippen molar-refractivity contribution in [2.24, 2.45) is 0 Å². The Morgan fingerprint density at radius 1 is 0.958 bits per heavy atom. The third-order valence-electron chi connectivity index (χ3n) is 3.25. The lowest BCUT2D eigenvalue weighted by Gasteiger charge is -2.08. The van der Waals surface area contributed by atoms with Gasteiger partial charge in [0, 0.05) is 11.8 Å². The van der Waals surface area contributed by atoms with Gasteiger partial charge in [0.15, 0.2) is 11.5 Å². The lowest BCUT2D eigenvalue weighted by molar-refractivity contribution is -0.111. The second-order valence-corrected chi connectivity index (χ2v) is 5.19. The van der Waals surface area contributed by atoms with E-state index < -0.39 is 0 Å². The SMILES string of the molecule is COc1ccc(NC(=O)/C=C/c2ccc(OC)c(OC)c2)cc1Cl. The summed E-state index contributed by atoms with van der Waals surface area (Å²) in [7, 11) is 4.66. The van der Waals surface area contributed by atoms with E-state index in [2.05, 4.69) is 5.32 Å². The highest BCUT2D eigenvalue weighted by Gasteiger charge is 2.05. The summed E-state index contributed by atoms with van der Waals surface area (Å²) in [6.45, 7) is 0. The molecule has 0 heterocycles. The van der Waals surface area contributed by atoms with E-state index in [1.165, 1.54) is 13.2 Å². The zero-order valence-corrected chi connectivity index (χ0v) is 14.4. The van der Waals surface area contributed by atoms with E-state index in [1.807, 2.05) is 6.07 Å². The highest BCUT2D eigenvalue weighted by atomic mass is 35.5. The Hall–Kier alpha value is -2.66. The first-order valence-electron chi connectivity index (χ1n) is 7.12. The van der Waals surface area contributed by atoms with Crippen molar-refractivity contribution in [2.45, 2.75) is 0 Å². The molecule has 0 aromatic heterocycles. The zero-order chi connectivity index (χ0) is 17.5. The third kappa shape index (κ3) is 4.43. The van der Waals surface area contributed by atoms with Gasteiger partial charge < -0.3 is 19.5 Å². The summed E-state index contributed by atoms with van der Waals surface area (Å²) in [4.78, 5) is 12.0. The molecule has 2 rings (SSSR count). The van der Waals surface area contributed by atoms with Crippen LogP contribution in [-0.2, 0) is 4.79 Å². The van der Waals surface area contributed by atoms with Crippen LogP contribution >= 0.6 is 11.6 Å². The van der Waals surface area contributed by atoms with Crippen LogP contribution in [-0.4, -0.2) is 27.2 Å². The van der Waals surface area contributed by atoms with Crippen molar-refractivity contribution < 1.29 is 19.0 Å². The third-order valence-corrected chi connectivity index (χ3v) is 3.55. The van der Waals surface area contributed by atoms with Gasteiger partial charge in [-0.15, -0.1) is 0 Å². The van der Waals surface area contributed by atoms with Gasteiger partial charge in [0.05, 0.1) is 26.4 Å². The minimum Gasteiger partial charge on any atom is -0.495 e. The standard InChI is InChI=1S/C18H18ClNO4/c1-22-15-8-6-13(11-14(15)19)20-18(21)9-5-12-4-7-16(23-2)17(10-12)24-3/h4-11H,1-3H3,(H,20,21)/b9-5+. The van der Waals surface area contributed by atoms with E-state index in [0.29, 0.717) is 28.0 Å². The van der Waals surface area contributed by atoms with Gasteiger partial charge in [-0.25, -0.2) is 0 Å². The van der Waals surface area contributed by atoms with Crippen molar-refractivity contribution in [3.8, 4) is 17.2 Å². The predicted octanol–water partition coefficient (Wildman–Crippen LogP) is 4.02. The van der Waals surface area contributed by atoms with Gasteiger partial charge in [0.2, 0.25) is 5.91 Å². The van der Waals surface area contributed by atoms with Crippen LogP contribution in [0.3, 0.4) is 0 Å². The van der Waals surface area contributed by atoms with Crippen LogP contribution in [0.25, 0.3) is 6.08 Å². The molecule has 2 aromatic carbocycles. The Labute approximate surface area is 145 Å². The maximum absolute atomic E-state index is 12.0. The molecule has 1 amide bonds. The van der Waals surface area contributed by atoms with Crippen LogP contribution in [0.5, 0.6) is 17.2 Å². The molecule has 0 radical (unpaired) electrons. The van der Waals surface area contributed by atoms with E-state index in [0.717, 1.165) is 5.56 Å². The summed E-state index contributed by atoms with van der Waals surface area (Å²) in [5.74, 6) is 1.51. The second-order valence-electron chi connectivity index (χ2n) is 4.79. The topological polar surface area (TPSA) is 56.8 Å². The Balaban J connectivity index is 2.06. The molecule has 0 bridgehead atoms. The number of rotatable bonds is 6. The number of nitrogens with one attached hydrogen (secondary N) is 1. The van der Waals surface area contributed by atoms with Crippen LogP contribution in [0.15, 0.2) is 42.5 Å².